The van der Waals surface area contributed by atoms with E-state index in [1.54, 1.807) is 24.3 Å². The van der Waals surface area contributed by atoms with E-state index in [4.69, 9.17) is 0 Å². The lowest BCUT2D eigenvalue weighted by Crippen LogP contribution is -2.21. The van der Waals surface area contributed by atoms with Gasteiger partial charge in [0.2, 0.25) is 11.6 Å². The summed E-state index contributed by atoms with van der Waals surface area (Å²) in [4.78, 5) is 1.75. The summed E-state index contributed by atoms with van der Waals surface area (Å²) in [6.07, 6.45) is 0. The number of hydrogen-bond acceptors (Lipinski definition) is 2. The molecule has 0 bridgehead atoms. The fourth-order valence-corrected chi connectivity index (χ4v) is 9.81. The lowest BCUT2D eigenvalue weighted by atomic mass is 9.82. The fourth-order valence-electron chi connectivity index (χ4n) is 9.81. The first kappa shape index (κ1) is 42.6. The topological polar surface area (TPSA) is 6.48 Å². The van der Waals surface area contributed by atoms with Crippen LogP contribution in [0.5, 0.6) is 0 Å². The van der Waals surface area contributed by atoms with Crippen molar-refractivity contribution in [1.29, 1.82) is 0 Å². The Morgan fingerprint density at radius 2 is 0.561 bits per heavy atom. The van der Waals surface area contributed by atoms with Crippen LogP contribution in [0.15, 0.2) is 133 Å². The van der Waals surface area contributed by atoms with E-state index >= 15 is 35.1 Å². The van der Waals surface area contributed by atoms with Gasteiger partial charge in [-0.1, -0.05) is 125 Å². The van der Waals surface area contributed by atoms with Gasteiger partial charge in [-0.15, -0.1) is 0 Å². The van der Waals surface area contributed by atoms with Crippen LogP contribution in [-0.2, 0) is 10.8 Å². The highest BCUT2D eigenvalue weighted by Gasteiger charge is 2.40. The monoisotopic (exact) mass is 900 g/mol. The van der Waals surface area contributed by atoms with Crippen molar-refractivity contribution in [3.8, 4) is 33.4 Å². The number of benzene rings is 8. The van der Waals surface area contributed by atoms with Gasteiger partial charge in [-0.25, -0.2) is 43.9 Å². The molecule has 10 rings (SSSR count). The molecule has 0 spiro atoms. The van der Waals surface area contributed by atoms with Crippen molar-refractivity contribution in [2.24, 2.45) is 0 Å². The van der Waals surface area contributed by atoms with Crippen molar-refractivity contribution >= 4 is 34.1 Å². The molecule has 2 aliphatic rings. The smallest absolute Gasteiger partial charge is 0.200 e. The summed E-state index contributed by atoms with van der Waals surface area (Å²) in [5.41, 5.74) is 2.06. The van der Waals surface area contributed by atoms with Gasteiger partial charge in [0.25, 0.3) is 0 Å². The zero-order chi connectivity index (χ0) is 46.7. The van der Waals surface area contributed by atoms with E-state index < -0.39 is 80.4 Å². The fraction of sp³-hybridized carbons (Fsp3) is 0.111. The summed E-state index contributed by atoms with van der Waals surface area (Å²) in [6, 6.07) is 36.2. The molecule has 0 N–H and O–H groups in total. The summed E-state index contributed by atoms with van der Waals surface area (Å²) in [5, 5.41) is 0. The predicted molar refractivity (Wildman–Crippen MR) is 236 cm³/mol. The Kier molecular flexibility index (Phi) is 9.76. The molecule has 0 unspecified atom stereocenters. The Hall–Kier alpha value is -7.34. The Labute approximate surface area is 372 Å². The molecular formula is C54H34F10N2. The van der Waals surface area contributed by atoms with E-state index in [1.807, 2.05) is 76.2 Å². The third kappa shape index (κ3) is 6.03. The Morgan fingerprint density at radius 3 is 0.909 bits per heavy atom. The number of anilines is 6. The highest BCUT2D eigenvalue weighted by Crippen LogP contribution is 2.55. The minimum atomic E-state index is -2.38. The molecule has 0 amide bonds. The van der Waals surface area contributed by atoms with E-state index in [2.05, 4.69) is 0 Å². The average molecular weight is 901 g/mol. The molecule has 0 fully saturated rings. The SMILES string of the molecule is CC1(C)c2ccccc2-c2ccc(N(c3ccccc3-c3ccccc3N(c3ccc4c(c3)C(C)(C)c3ccccc3-4)c3c(F)c(F)c(F)c(F)c3F)c3c(F)c(F)c(F)c(F)c3F)cc21. The van der Waals surface area contributed by atoms with E-state index in [-0.39, 0.29) is 33.9 Å². The Morgan fingerprint density at radius 1 is 0.288 bits per heavy atom. The number of nitrogens with zero attached hydrogens (tertiary/aromatic N) is 2. The van der Waals surface area contributed by atoms with Crippen LogP contribution in [0.1, 0.15) is 49.9 Å². The van der Waals surface area contributed by atoms with E-state index in [9.17, 15) is 8.78 Å². The van der Waals surface area contributed by atoms with Gasteiger partial charge < -0.3 is 9.80 Å². The molecule has 0 heterocycles. The van der Waals surface area contributed by atoms with Gasteiger partial charge in [-0.2, -0.15) is 0 Å². The second kappa shape index (κ2) is 15.1. The van der Waals surface area contributed by atoms with Gasteiger partial charge in [-0.05, 0) is 80.9 Å². The molecule has 12 heteroatoms. The van der Waals surface area contributed by atoms with Crippen LogP contribution in [0.3, 0.4) is 0 Å². The molecule has 330 valence electrons. The molecule has 2 nitrogen and oxygen atoms in total. The van der Waals surface area contributed by atoms with Crippen LogP contribution in [-0.4, -0.2) is 0 Å². The third-order valence-electron chi connectivity index (χ3n) is 13.1. The van der Waals surface area contributed by atoms with Gasteiger partial charge in [0.1, 0.15) is 11.4 Å². The Bertz CT molecular complexity index is 3080. The van der Waals surface area contributed by atoms with Crippen LogP contribution >= 0.6 is 0 Å². The van der Waals surface area contributed by atoms with Crippen molar-refractivity contribution in [2.45, 2.75) is 38.5 Å². The number of halogens is 10. The molecule has 0 radical (unpaired) electrons. The molecule has 0 aliphatic heterocycles. The second-order valence-corrected chi connectivity index (χ2v) is 17.3. The molecule has 0 saturated carbocycles. The summed E-state index contributed by atoms with van der Waals surface area (Å²) in [5.74, 6) is -22.2. The highest BCUT2D eigenvalue weighted by atomic mass is 19.2. The van der Waals surface area contributed by atoms with Gasteiger partial charge in [0.05, 0.1) is 11.4 Å². The van der Waals surface area contributed by atoms with Crippen molar-refractivity contribution < 1.29 is 43.9 Å². The summed E-state index contributed by atoms with van der Waals surface area (Å²) >= 11 is 0. The molecule has 0 atom stereocenters. The van der Waals surface area contributed by atoms with Gasteiger partial charge in [0.15, 0.2) is 46.5 Å². The largest absolute Gasteiger partial charge is 0.304 e. The number of fused-ring (bicyclic) bond motifs is 6. The molecule has 2 aliphatic carbocycles. The molecular weight excluding hydrogens is 867 g/mol. The lowest BCUT2D eigenvalue weighted by Gasteiger charge is -2.32. The normalized spacial score (nSPS) is 13.8. The van der Waals surface area contributed by atoms with Crippen LogP contribution in [0.25, 0.3) is 33.4 Å². The highest BCUT2D eigenvalue weighted by molar-refractivity contribution is 5.97. The maximum absolute atomic E-state index is 16.4. The minimum absolute atomic E-state index is 0.00264. The van der Waals surface area contributed by atoms with Crippen molar-refractivity contribution in [3.63, 3.8) is 0 Å². The van der Waals surface area contributed by atoms with Crippen molar-refractivity contribution in [1.82, 2.24) is 0 Å². The van der Waals surface area contributed by atoms with E-state index in [0.29, 0.717) is 11.1 Å². The molecule has 8 aromatic carbocycles. The van der Waals surface area contributed by atoms with Crippen molar-refractivity contribution in [2.75, 3.05) is 9.80 Å². The van der Waals surface area contributed by atoms with Crippen LogP contribution in [0.4, 0.5) is 78.0 Å². The molecule has 8 aromatic rings. The minimum Gasteiger partial charge on any atom is -0.304 e. The Balaban J connectivity index is 1.25. The van der Waals surface area contributed by atoms with Gasteiger partial charge >= 0.3 is 0 Å². The van der Waals surface area contributed by atoms with E-state index in [1.165, 1.54) is 60.7 Å². The predicted octanol–water partition coefficient (Wildman–Crippen LogP) is 16.3. The first-order valence-corrected chi connectivity index (χ1v) is 20.8. The maximum Gasteiger partial charge on any atom is 0.200 e. The molecule has 0 saturated heterocycles. The lowest BCUT2D eigenvalue weighted by molar-refractivity contribution is 0.380. The number of rotatable bonds is 7. The third-order valence-corrected chi connectivity index (χ3v) is 13.1. The van der Waals surface area contributed by atoms with Crippen LogP contribution in [0, 0.1) is 58.2 Å². The van der Waals surface area contributed by atoms with Crippen LogP contribution in [0.2, 0.25) is 0 Å². The quantitative estimate of drug-likeness (QED) is 0.0893. The first-order chi connectivity index (χ1) is 31.5. The summed E-state index contributed by atoms with van der Waals surface area (Å²) in [6.45, 7) is 7.73. The van der Waals surface area contributed by atoms with Gasteiger partial charge in [-0.3, -0.25) is 0 Å². The second-order valence-electron chi connectivity index (χ2n) is 17.3. The maximum atomic E-state index is 16.4. The molecule has 0 aromatic heterocycles. The number of para-hydroxylation sites is 2. The summed E-state index contributed by atoms with van der Waals surface area (Å²) in [7, 11) is 0. The summed E-state index contributed by atoms with van der Waals surface area (Å²) < 4.78 is 156. The standard InChI is InChI=1S/C54H34F10N2/c1-53(2)35-17-9-5-13-29(35)31-23-21-27(25-37(31)53)65(51-47(61)43(57)41(55)44(58)48(51)62)39-19-11-7-15-33(39)34-16-8-12-20-40(34)66(52-49(63)45(59)42(56)46(60)50(52)64)28-22-24-32-30-14-6-10-18-36(30)54(3,4)38(32)26-28/h5-26H,1-4H3. The van der Waals surface area contributed by atoms with Crippen molar-refractivity contribution in [3.05, 3.63) is 214 Å². The van der Waals surface area contributed by atoms with Gasteiger partial charge in [0, 0.05) is 33.3 Å². The zero-order valence-corrected chi connectivity index (χ0v) is 35.4. The van der Waals surface area contributed by atoms with E-state index in [0.717, 1.165) is 43.2 Å². The molecule has 66 heavy (non-hydrogen) atoms. The zero-order valence-electron chi connectivity index (χ0n) is 35.4. The van der Waals surface area contributed by atoms with Crippen LogP contribution < -0.4 is 9.80 Å². The number of hydrogen-bond donors (Lipinski definition) is 0. The first-order valence-electron chi connectivity index (χ1n) is 20.8. The average Bonchev–Trinajstić information content (AvgIpc) is 3.70.